The number of carbonyl (C=O) groups excluding carboxylic acids is 1. The van der Waals surface area contributed by atoms with Crippen LogP contribution in [0.5, 0.6) is 0 Å². The number of nitrogens with two attached hydrogens (primary N) is 1. The molecule has 0 bridgehead atoms. The minimum Gasteiger partial charge on any atom is -0.545 e. The summed E-state index contributed by atoms with van der Waals surface area (Å²) in [5, 5.41) is 15.6. The van der Waals surface area contributed by atoms with Crippen molar-refractivity contribution in [1.82, 2.24) is 5.43 Å². The average Bonchev–Trinajstić information content (AvgIpc) is 2.79. The van der Waals surface area contributed by atoms with Crippen LogP contribution in [0.15, 0.2) is 47.6 Å². The van der Waals surface area contributed by atoms with Crippen LogP contribution in [0.4, 0.5) is 0 Å². The lowest BCUT2D eigenvalue weighted by Gasteiger charge is -2.09. The fraction of sp³-hybridized carbons (Fsp3) is 0. The summed E-state index contributed by atoms with van der Waals surface area (Å²) in [7, 11) is 0. The largest absolute Gasteiger partial charge is 0.545 e. The number of nitrogens with one attached hydrogen (secondary N) is 1. The van der Waals surface area contributed by atoms with Crippen molar-refractivity contribution < 1.29 is 9.90 Å². The van der Waals surface area contributed by atoms with Crippen molar-refractivity contribution >= 4 is 29.0 Å². The van der Waals surface area contributed by atoms with Gasteiger partial charge in [0.2, 0.25) is 0 Å². The Balaban J connectivity index is 2.29. The molecule has 0 aliphatic heterocycles. The van der Waals surface area contributed by atoms with Crippen molar-refractivity contribution in [2.75, 3.05) is 0 Å². The van der Waals surface area contributed by atoms with Gasteiger partial charge in [-0.1, -0.05) is 42.5 Å². The monoisotopic (exact) mass is 296 g/mol. The molecule has 3 rings (SSSR count). The Bertz CT molecular complexity index is 799. The number of thiocarbonyl (C=S) groups is 1. The van der Waals surface area contributed by atoms with Gasteiger partial charge in [0, 0.05) is 22.3 Å². The van der Waals surface area contributed by atoms with Crippen LogP contribution in [-0.2, 0) is 0 Å². The molecule has 2 aromatic rings. The van der Waals surface area contributed by atoms with E-state index >= 15 is 0 Å². The molecule has 0 atom stereocenters. The molecule has 3 N–H and O–H groups in total. The van der Waals surface area contributed by atoms with Gasteiger partial charge in [-0.25, -0.2) is 0 Å². The van der Waals surface area contributed by atoms with Gasteiger partial charge in [-0.3, -0.25) is 5.43 Å². The number of hydrazone groups is 1. The number of benzene rings is 2. The van der Waals surface area contributed by atoms with Crippen LogP contribution >= 0.6 is 12.2 Å². The molecule has 104 valence electrons. The molecule has 6 heteroatoms. The normalized spacial score (nSPS) is 13.6. The molecule has 0 unspecified atom stereocenters. The third kappa shape index (κ3) is 2.15. The molecule has 5 nitrogen and oxygen atoms in total. The third-order valence-corrected chi connectivity index (χ3v) is 3.36. The summed E-state index contributed by atoms with van der Waals surface area (Å²) in [5.41, 5.74) is 11.6. The highest BCUT2D eigenvalue weighted by Crippen LogP contribution is 2.38. The lowest BCUT2D eigenvalue weighted by atomic mass is 10.00. The average molecular weight is 296 g/mol. The van der Waals surface area contributed by atoms with E-state index in [-0.39, 0.29) is 10.7 Å². The van der Waals surface area contributed by atoms with Gasteiger partial charge in [0.1, 0.15) is 0 Å². The summed E-state index contributed by atoms with van der Waals surface area (Å²) in [6.45, 7) is 0. The number of hydrogen-bond acceptors (Lipinski definition) is 4. The highest BCUT2D eigenvalue weighted by molar-refractivity contribution is 7.80. The Kier molecular flexibility index (Phi) is 3.15. The number of carboxylic acids is 1. The van der Waals surface area contributed by atoms with Gasteiger partial charge < -0.3 is 15.6 Å². The van der Waals surface area contributed by atoms with Gasteiger partial charge in [0.05, 0.1) is 11.7 Å². The molecule has 0 radical (unpaired) electrons. The zero-order valence-electron chi connectivity index (χ0n) is 10.8. The van der Waals surface area contributed by atoms with Gasteiger partial charge in [0.15, 0.2) is 5.11 Å². The molecular weight excluding hydrogens is 286 g/mol. The van der Waals surface area contributed by atoms with Crippen molar-refractivity contribution in [3.05, 3.63) is 59.2 Å². The van der Waals surface area contributed by atoms with Gasteiger partial charge in [-0.15, -0.1) is 0 Å². The molecule has 0 fully saturated rings. The number of nitrogens with zero attached hydrogens (tertiary/aromatic N) is 1. The highest BCUT2D eigenvalue weighted by Gasteiger charge is 2.27. The number of rotatable bonds is 2. The standard InChI is InChI=1S/C15H11N3O2S/c16-15(21)18-17-13-9-5-2-1-4-8(9)12-10(13)6-3-7-11(12)14(19)20/h1-7H,(H,19,20)(H3,16,18,21)/p-1/b17-13-. The van der Waals surface area contributed by atoms with Crippen LogP contribution in [0.25, 0.3) is 11.1 Å². The van der Waals surface area contributed by atoms with Crippen molar-refractivity contribution in [2.45, 2.75) is 0 Å². The minimum atomic E-state index is -1.22. The Hall–Kier alpha value is -2.73. The summed E-state index contributed by atoms with van der Waals surface area (Å²) in [6, 6.07) is 12.4. The van der Waals surface area contributed by atoms with E-state index < -0.39 is 5.97 Å². The second-order valence-corrected chi connectivity index (χ2v) is 4.94. The third-order valence-electron chi connectivity index (χ3n) is 3.27. The first kappa shape index (κ1) is 13.3. The maximum atomic E-state index is 11.3. The summed E-state index contributed by atoms with van der Waals surface area (Å²) in [4.78, 5) is 11.3. The smallest absolute Gasteiger partial charge is 0.184 e. The Morgan fingerprint density at radius 1 is 1.10 bits per heavy atom. The molecule has 21 heavy (non-hydrogen) atoms. The first-order valence-corrected chi connectivity index (χ1v) is 6.58. The number of fused-ring (bicyclic) bond motifs is 3. The lowest BCUT2D eigenvalue weighted by molar-refractivity contribution is -0.254. The Labute approximate surface area is 126 Å². The number of carbonyl (C=O) groups is 1. The summed E-state index contributed by atoms with van der Waals surface area (Å²) < 4.78 is 0. The number of carboxylic acid groups (broad SMARTS) is 1. The van der Waals surface area contributed by atoms with Crippen LogP contribution in [0.1, 0.15) is 21.5 Å². The first-order chi connectivity index (χ1) is 10.1. The molecule has 0 spiro atoms. The number of aromatic carboxylic acids is 1. The fourth-order valence-corrected chi connectivity index (χ4v) is 2.54. The SMILES string of the molecule is NC(=S)N/N=C1/c2ccccc2-c2c(C(=O)[O-])cccc21. The first-order valence-electron chi connectivity index (χ1n) is 6.17. The predicted molar refractivity (Wildman–Crippen MR) is 81.8 cm³/mol. The molecular formula is C15H10N3O2S-. The van der Waals surface area contributed by atoms with Gasteiger partial charge >= 0.3 is 0 Å². The van der Waals surface area contributed by atoms with Crippen LogP contribution in [0.3, 0.4) is 0 Å². The summed E-state index contributed by atoms with van der Waals surface area (Å²) in [5.74, 6) is -1.22. The van der Waals surface area contributed by atoms with Crippen molar-refractivity contribution in [2.24, 2.45) is 10.8 Å². The summed E-state index contributed by atoms with van der Waals surface area (Å²) >= 11 is 4.75. The van der Waals surface area contributed by atoms with Crippen molar-refractivity contribution in [3.63, 3.8) is 0 Å². The van der Waals surface area contributed by atoms with Gasteiger partial charge in [-0.05, 0) is 17.8 Å². The van der Waals surface area contributed by atoms with E-state index in [1.807, 2.05) is 30.3 Å². The highest BCUT2D eigenvalue weighted by atomic mass is 32.1. The zero-order valence-corrected chi connectivity index (χ0v) is 11.6. The molecule has 2 aromatic carbocycles. The van der Waals surface area contributed by atoms with Gasteiger partial charge in [0.25, 0.3) is 0 Å². The Morgan fingerprint density at radius 3 is 2.43 bits per heavy atom. The van der Waals surface area contributed by atoms with E-state index in [9.17, 15) is 9.90 Å². The van der Waals surface area contributed by atoms with Crippen LogP contribution < -0.4 is 16.3 Å². The van der Waals surface area contributed by atoms with Crippen LogP contribution in [0, 0.1) is 0 Å². The summed E-state index contributed by atoms with van der Waals surface area (Å²) in [6.07, 6.45) is 0. The lowest BCUT2D eigenvalue weighted by Crippen LogP contribution is -2.25. The maximum absolute atomic E-state index is 11.3. The van der Waals surface area contributed by atoms with E-state index in [2.05, 4.69) is 10.5 Å². The van der Waals surface area contributed by atoms with E-state index in [1.54, 1.807) is 6.07 Å². The molecule has 1 aliphatic carbocycles. The van der Waals surface area contributed by atoms with Crippen molar-refractivity contribution in [1.29, 1.82) is 0 Å². The predicted octanol–water partition coefficient (Wildman–Crippen LogP) is 0.616. The van der Waals surface area contributed by atoms with Crippen molar-refractivity contribution in [3.8, 4) is 11.1 Å². The number of hydrogen-bond donors (Lipinski definition) is 2. The maximum Gasteiger partial charge on any atom is 0.184 e. The van der Waals surface area contributed by atoms with Crippen LogP contribution in [-0.4, -0.2) is 16.8 Å². The van der Waals surface area contributed by atoms with E-state index in [4.69, 9.17) is 18.0 Å². The second-order valence-electron chi connectivity index (χ2n) is 4.50. The van der Waals surface area contributed by atoms with E-state index in [0.717, 1.165) is 11.1 Å². The van der Waals surface area contributed by atoms with Gasteiger partial charge in [-0.2, -0.15) is 5.10 Å². The quantitative estimate of drug-likeness (QED) is 0.534. The minimum absolute atomic E-state index is 0.0458. The molecule has 0 heterocycles. The fourth-order valence-electron chi connectivity index (χ4n) is 2.49. The molecule has 1 aliphatic rings. The zero-order chi connectivity index (χ0) is 15.0. The molecule has 0 aromatic heterocycles. The molecule has 0 amide bonds. The molecule has 0 saturated carbocycles. The van der Waals surface area contributed by atoms with Crippen LogP contribution in [0.2, 0.25) is 0 Å². The topological polar surface area (TPSA) is 90.5 Å². The Morgan fingerprint density at radius 2 is 1.76 bits per heavy atom. The molecule has 0 saturated heterocycles. The van der Waals surface area contributed by atoms with E-state index in [0.29, 0.717) is 16.8 Å². The van der Waals surface area contributed by atoms with E-state index in [1.165, 1.54) is 6.07 Å². The second kappa shape index (κ2) is 4.99.